The highest BCUT2D eigenvalue weighted by Crippen LogP contribution is 2.28. The number of rotatable bonds is 4. The summed E-state index contributed by atoms with van der Waals surface area (Å²) in [5.74, 6) is -0.731. The van der Waals surface area contributed by atoms with Crippen molar-refractivity contribution in [2.75, 3.05) is 38.2 Å². The number of nitrogens with zero attached hydrogens (tertiary/aromatic N) is 2. The molecule has 7 heteroatoms. The third-order valence-electron chi connectivity index (χ3n) is 5.08. The smallest absolute Gasteiger partial charge is 0.295 e. The molecule has 28 heavy (non-hydrogen) atoms. The van der Waals surface area contributed by atoms with E-state index in [0.29, 0.717) is 37.1 Å². The molecule has 1 aromatic heterocycles. The van der Waals surface area contributed by atoms with Crippen LogP contribution in [0.5, 0.6) is 5.75 Å². The van der Waals surface area contributed by atoms with Crippen molar-refractivity contribution in [2.24, 2.45) is 0 Å². The number of hydrogen-bond donors (Lipinski definition) is 1. The predicted octanol–water partition coefficient (Wildman–Crippen LogP) is 2.85. The molecule has 1 saturated heterocycles. The standard InChI is InChI=1S/C21H20FN3O3/c1-28-19-5-3-2-4-18(19)24-8-10-25(11-9-24)21(27)20(26)16-13-23-17-12-14(22)6-7-15(16)17/h2-7,12-13,23H,8-11H2,1H3. The summed E-state index contributed by atoms with van der Waals surface area (Å²) in [4.78, 5) is 32.0. The SMILES string of the molecule is COc1ccccc1N1CCN(C(=O)C(=O)c2c[nH]c3cc(F)ccc23)CC1. The normalized spacial score (nSPS) is 14.4. The molecular formula is C21H20FN3O3. The Morgan fingerprint density at radius 3 is 2.57 bits per heavy atom. The Hall–Kier alpha value is -3.35. The maximum absolute atomic E-state index is 13.3. The first-order chi connectivity index (χ1) is 13.6. The molecule has 0 saturated carbocycles. The van der Waals surface area contributed by atoms with Crippen molar-refractivity contribution in [1.82, 2.24) is 9.88 Å². The second-order valence-corrected chi connectivity index (χ2v) is 6.67. The van der Waals surface area contributed by atoms with Gasteiger partial charge in [-0.15, -0.1) is 0 Å². The van der Waals surface area contributed by atoms with Crippen molar-refractivity contribution in [1.29, 1.82) is 0 Å². The number of aromatic nitrogens is 1. The van der Waals surface area contributed by atoms with Gasteiger partial charge >= 0.3 is 0 Å². The molecule has 1 aliphatic rings. The molecule has 0 atom stereocenters. The third-order valence-corrected chi connectivity index (χ3v) is 5.08. The van der Waals surface area contributed by atoms with Crippen LogP contribution in [0.1, 0.15) is 10.4 Å². The van der Waals surface area contributed by atoms with Crippen LogP contribution in [0.3, 0.4) is 0 Å². The number of nitrogens with one attached hydrogen (secondary N) is 1. The number of hydrogen-bond acceptors (Lipinski definition) is 4. The van der Waals surface area contributed by atoms with E-state index in [1.165, 1.54) is 24.4 Å². The first kappa shape index (κ1) is 18.0. The molecule has 144 valence electrons. The molecule has 0 aliphatic carbocycles. The lowest BCUT2D eigenvalue weighted by atomic mass is 10.1. The number of anilines is 1. The minimum absolute atomic E-state index is 0.271. The number of fused-ring (bicyclic) bond motifs is 1. The second-order valence-electron chi connectivity index (χ2n) is 6.67. The molecule has 3 aromatic rings. The number of para-hydroxylation sites is 2. The van der Waals surface area contributed by atoms with E-state index < -0.39 is 17.5 Å². The van der Waals surface area contributed by atoms with Gasteiger partial charge in [0.1, 0.15) is 11.6 Å². The molecule has 4 rings (SSSR count). The summed E-state index contributed by atoms with van der Waals surface area (Å²) in [5.41, 5.74) is 1.74. The van der Waals surface area contributed by atoms with Crippen LogP contribution in [-0.2, 0) is 4.79 Å². The predicted molar refractivity (Wildman–Crippen MR) is 104 cm³/mol. The fourth-order valence-corrected chi connectivity index (χ4v) is 3.59. The number of halogens is 1. The average molecular weight is 381 g/mol. The fourth-order valence-electron chi connectivity index (χ4n) is 3.59. The number of piperazine rings is 1. The molecule has 1 aliphatic heterocycles. The van der Waals surface area contributed by atoms with Crippen LogP contribution >= 0.6 is 0 Å². The second kappa shape index (κ2) is 7.34. The molecule has 1 fully saturated rings. The number of carbonyl (C=O) groups is 2. The number of H-pyrrole nitrogens is 1. The summed E-state index contributed by atoms with van der Waals surface area (Å²) in [6.07, 6.45) is 1.47. The Kier molecular flexibility index (Phi) is 4.73. The molecule has 0 radical (unpaired) electrons. The minimum Gasteiger partial charge on any atom is -0.495 e. The van der Waals surface area contributed by atoms with E-state index in [1.54, 1.807) is 12.0 Å². The monoisotopic (exact) mass is 381 g/mol. The zero-order chi connectivity index (χ0) is 19.7. The Labute approximate surface area is 161 Å². The van der Waals surface area contributed by atoms with Gasteiger partial charge in [0, 0.05) is 43.3 Å². The Bertz CT molecular complexity index is 1040. The maximum Gasteiger partial charge on any atom is 0.295 e. The first-order valence-electron chi connectivity index (χ1n) is 9.06. The van der Waals surface area contributed by atoms with Crippen LogP contribution in [0.15, 0.2) is 48.7 Å². The van der Waals surface area contributed by atoms with E-state index in [1.807, 2.05) is 24.3 Å². The molecular weight excluding hydrogens is 361 g/mol. The quantitative estimate of drug-likeness (QED) is 0.558. The van der Waals surface area contributed by atoms with E-state index >= 15 is 0 Å². The highest BCUT2D eigenvalue weighted by Gasteiger charge is 2.29. The molecule has 2 heterocycles. The van der Waals surface area contributed by atoms with Gasteiger partial charge in [0.05, 0.1) is 18.4 Å². The number of aromatic amines is 1. The number of Topliss-reactive ketones (excluding diaryl/α,β-unsaturated/α-hetero) is 1. The number of ether oxygens (including phenoxy) is 1. The summed E-state index contributed by atoms with van der Waals surface area (Å²) < 4.78 is 18.7. The van der Waals surface area contributed by atoms with E-state index in [0.717, 1.165) is 11.4 Å². The van der Waals surface area contributed by atoms with E-state index in [4.69, 9.17) is 4.74 Å². The van der Waals surface area contributed by atoms with Crippen molar-refractivity contribution in [3.05, 3.63) is 60.0 Å². The van der Waals surface area contributed by atoms with Gasteiger partial charge in [-0.1, -0.05) is 12.1 Å². The lowest BCUT2D eigenvalue weighted by Crippen LogP contribution is -2.50. The Balaban J connectivity index is 1.47. The Morgan fingerprint density at radius 2 is 1.82 bits per heavy atom. The van der Waals surface area contributed by atoms with Crippen LogP contribution in [0.4, 0.5) is 10.1 Å². The highest BCUT2D eigenvalue weighted by atomic mass is 19.1. The molecule has 6 nitrogen and oxygen atoms in total. The molecule has 2 aromatic carbocycles. The Morgan fingerprint density at radius 1 is 1.07 bits per heavy atom. The lowest BCUT2D eigenvalue weighted by molar-refractivity contribution is -0.126. The fraction of sp³-hybridized carbons (Fsp3) is 0.238. The summed E-state index contributed by atoms with van der Waals surface area (Å²) in [5, 5.41) is 0.549. The van der Waals surface area contributed by atoms with E-state index in [2.05, 4.69) is 9.88 Å². The maximum atomic E-state index is 13.3. The van der Waals surface area contributed by atoms with Crippen molar-refractivity contribution in [2.45, 2.75) is 0 Å². The van der Waals surface area contributed by atoms with Crippen molar-refractivity contribution >= 4 is 28.3 Å². The zero-order valence-corrected chi connectivity index (χ0v) is 15.4. The van der Waals surface area contributed by atoms with Gasteiger partial charge in [0.25, 0.3) is 11.7 Å². The van der Waals surface area contributed by atoms with Gasteiger partial charge in [-0.25, -0.2) is 4.39 Å². The topological polar surface area (TPSA) is 65.6 Å². The van der Waals surface area contributed by atoms with E-state index in [-0.39, 0.29) is 5.56 Å². The van der Waals surface area contributed by atoms with Gasteiger partial charge in [0.2, 0.25) is 0 Å². The summed E-state index contributed by atoms with van der Waals surface area (Å²) in [7, 11) is 1.63. The molecule has 1 N–H and O–H groups in total. The summed E-state index contributed by atoms with van der Waals surface area (Å²) >= 11 is 0. The van der Waals surface area contributed by atoms with Gasteiger partial charge in [0.15, 0.2) is 0 Å². The third kappa shape index (κ3) is 3.19. The first-order valence-corrected chi connectivity index (χ1v) is 9.06. The van der Waals surface area contributed by atoms with Crippen LogP contribution < -0.4 is 9.64 Å². The van der Waals surface area contributed by atoms with Gasteiger partial charge in [-0.3, -0.25) is 9.59 Å². The number of benzene rings is 2. The summed E-state index contributed by atoms with van der Waals surface area (Å²) in [6, 6.07) is 11.8. The van der Waals surface area contributed by atoms with Crippen LogP contribution in [0, 0.1) is 5.82 Å². The number of carbonyl (C=O) groups excluding carboxylic acids is 2. The van der Waals surface area contributed by atoms with Crippen molar-refractivity contribution in [3.63, 3.8) is 0 Å². The van der Waals surface area contributed by atoms with Crippen molar-refractivity contribution in [3.8, 4) is 5.75 Å². The average Bonchev–Trinajstić information content (AvgIpc) is 3.15. The summed E-state index contributed by atoms with van der Waals surface area (Å²) in [6.45, 7) is 2.11. The zero-order valence-electron chi connectivity index (χ0n) is 15.4. The lowest BCUT2D eigenvalue weighted by Gasteiger charge is -2.36. The molecule has 1 amide bonds. The number of amides is 1. The molecule has 0 spiro atoms. The van der Waals surface area contributed by atoms with Gasteiger partial charge < -0.3 is 19.5 Å². The van der Waals surface area contributed by atoms with Crippen LogP contribution in [-0.4, -0.2) is 54.9 Å². The highest BCUT2D eigenvalue weighted by molar-refractivity contribution is 6.44. The van der Waals surface area contributed by atoms with Gasteiger partial charge in [-0.05, 0) is 30.3 Å². The number of ketones is 1. The van der Waals surface area contributed by atoms with Crippen LogP contribution in [0.2, 0.25) is 0 Å². The largest absolute Gasteiger partial charge is 0.495 e. The van der Waals surface area contributed by atoms with Crippen LogP contribution in [0.25, 0.3) is 10.9 Å². The van der Waals surface area contributed by atoms with Gasteiger partial charge in [-0.2, -0.15) is 0 Å². The van der Waals surface area contributed by atoms with E-state index in [9.17, 15) is 14.0 Å². The van der Waals surface area contributed by atoms with Crippen molar-refractivity contribution < 1.29 is 18.7 Å². The minimum atomic E-state index is -0.580. The number of methoxy groups -OCH3 is 1. The molecule has 0 unspecified atom stereocenters. The molecule has 0 bridgehead atoms.